The fourth-order valence-corrected chi connectivity index (χ4v) is 2.77. The first kappa shape index (κ1) is 21.5. The predicted molar refractivity (Wildman–Crippen MR) is 82.7 cm³/mol. The molecule has 0 aromatic heterocycles. The molecule has 0 aliphatic heterocycles. The average Bonchev–Trinajstić information content (AvgIpc) is 2.50. The quantitative estimate of drug-likeness (QED) is 0.183. The number of rotatable bonds is 16. The molecule has 0 spiro atoms. The zero-order valence-corrected chi connectivity index (χ0v) is 14.3. The minimum atomic E-state index is -4.16. The lowest BCUT2D eigenvalue weighted by atomic mass is 10.1. The van der Waals surface area contributed by atoms with Crippen LogP contribution in [0.2, 0.25) is 0 Å². The molecule has 1 atom stereocenters. The molecule has 2 N–H and O–H groups in total. The summed E-state index contributed by atoms with van der Waals surface area (Å²) < 4.78 is 24.4. The molecule has 0 saturated heterocycles. The summed E-state index contributed by atoms with van der Waals surface area (Å²) in [5.74, 6) is -1.32. The van der Waals surface area contributed by atoms with Gasteiger partial charge >= 0.3 is 13.8 Å². The van der Waals surface area contributed by atoms with Gasteiger partial charge in [-0.25, -0.2) is 14.6 Å². The Kier molecular flexibility index (Phi) is 13.9. The molecular formula is C14H29O7P. The third-order valence-electron chi connectivity index (χ3n) is 3.19. The van der Waals surface area contributed by atoms with Crippen molar-refractivity contribution in [2.24, 2.45) is 0 Å². The van der Waals surface area contributed by atoms with Gasteiger partial charge in [-0.3, -0.25) is 9.05 Å². The van der Waals surface area contributed by atoms with Crippen LogP contribution < -0.4 is 0 Å². The van der Waals surface area contributed by atoms with E-state index in [2.05, 4.69) is 16.1 Å². The first-order valence-corrected chi connectivity index (χ1v) is 9.44. The number of unbranched alkanes of at least 4 members (excludes halogenated alkanes) is 9. The van der Waals surface area contributed by atoms with Crippen molar-refractivity contribution >= 4 is 13.8 Å². The van der Waals surface area contributed by atoms with Crippen molar-refractivity contribution in [1.29, 1.82) is 0 Å². The topological polar surface area (TPSA) is 102 Å². The van der Waals surface area contributed by atoms with Crippen molar-refractivity contribution < 1.29 is 33.4 Å². The molecule has 0 heterocycles. The van der Waals surface area contributed by atoms with Gasteiger partial charge in [-0.15, -0.1) is 4.67 Å². The monoisotopic (exact) mass is 340 g/mol. The molecule has 1 unspecified atom stereocenters. The Morgan fingerprint density at radius 1 is 0.909 bits per heavy atom. The number of phosphoric acid groups is 1. The fraction of sp³-hybridized carbons (Fsp3) is 0.929. The van der Waals surface area contributed by atoms with Gasteiger partial charge in [-0.2, -0.15) is 0 Å². The van der Waals surface area contributed by atoms with Gasteiger partial charge < -0.3 is 5.11 Å². The first-order chi connectivity index (χ1) is 10.5. The van der Waals surface area contributed by atoms with Crippen molar-refractivity contribution in [1.82, 2.24) is 0 Å². The van der Waals surface area contributed by atoms with Gasteiger partial charge in [-0.05, 0) is 6.42 Å². The normalized spacial score (nSPS) is 13.9. The summed E-state index contributed by atoms with van der Waals surface area (Å²) in [6.07, 6.45) is 11.5. The van der Waals surface area contributed by atoms with Crippen LogP contribution in [-0.2, 0) is 23.1 Å². The van der Waals surface area contributed by atoms with E-state index >= 15 is 0 Å². The van der Waals surface area contributed by atoms with E-state index in [0.29, 0.717) is 6.42 Å². The summed E-state index contributed by atoms with van der Waals surface area (Å²) in [6, 6.07) is 0. The molecule has 0 bridgehead atoms. The number of hydrogen-bond acceptors (Lipinski definition) is 6. The van der Waals surface area contributed by atoms with Crippen molar-refractivity contribution in [3.05, 3.63) is 0 Å². The van der Waals surface area contributed by atoms with E-state index < -0.39 is 20.4 Å². The summed E-state index contributed by atoms with van der Waals surface area (Å²) in [5, 5.41) is 16.8. The highest BCUT2D eigenvalue weighted by molar-refractivity contribution is 7.48. The summed E-state index contributed by atoms with van der Waals surface area (Å²) in [7, 11) is -4.16. The molecular weight excluding hydrogens is 311 g/mol. The summed E-state index contributed by atoms with van der Waals surface area (Å²) in [6.45, 7) is 1.44. The van der Waals surface area contributed by atoms with Crippen LogP contribution in [0.4, 0.5) is 0 Å². The largest absolute Gasteiger partial charge is 0.502 e. The predicted octanol–water partition coefficient (Wildman–Crippen LogP) is 4.62. The SMILES string of the molecule is CCCCCCCCCCCCOP(=O)(OO)OCC(=O)O. The van der Waals surface area contributed by atoms with Gasteiger partial charge in [0.2, 0.25) is 0 Å². The summed E-state index contributed by atoms with van der Waals surface area (Å²) >= 11 is 0. The van der Waals surface area contributed by atoms with Gasteiger partial charge in [0.1, 0.15) is 0 Å². The molecule has 0 aliphatic carbocycles. The number of carboxylic acid groups (broad SMARTS) is 1. The van der Waals surface area contributed by atoms with Crippen LogP contribution in [0.3, 0.4) is 0 Å². The minimum Gasteiger partial charge on any atom is -0.480 e. The van der Waals surface area contributed by atoms with Crippen LogP contribution in [-0.4, -0.2) is 29.5 Å². The van der Waals surface area contributed by atoms with Crippen molar-refractivity contribution in [3.63, 3.8) is 0 Å². The fourth-order valence-electron chi connectivity index (χ4n) is 1.98. The van der Waals surface area contributed by atoms with Crippen LogP contribution in [0.15, 0.2) is 0 Å². The average molecular weight is 340 g/mol. The number of hydrogen-bond donors (Lipinski definition) is 2. The molecule has 0 amide bonds. The molecule has 0 saturated carbocycles. The zero-order chi connectivity index (χ0) is 16.7. The van der Waals surface area contributed by atoms with E-state index in [0.717, 1.165) is 19.3 Å². The van der Waals surface area contributed by atoms with Crippen LogP contribution in [0.25, 0.3) is 0 Å². The third kappa shape index (κ3) is 13.2. The van der Waals surface area contributed by atoms with Gasteiger partial charge in [-0.1, -0.05) is 64.7 Å². The van der Waals surface area contributed by atoms with Crippen LogP contribution in [0.1, 0.15) is 71.1 Å². The van der Waals surface area contributed by atoms with E-state index in [-0.39, 0.29) is 6.61 Å². The molecule has 132 valence electrons. The lowest BCUT2D eigenvalue weighted by Gasteiger charge is -2.12. The zero-order valence-electron chi connectivity index (χ0n) is 13.4. The van der Waals surface area contributed by atoms with E-state index in [1.54, 1.807) is 0 Å². The van der Waals surface area contributed by atoms with Gasteiger partial charge in [0.15, 0.2) is 6.61 Å². The van der Waals surface area contributed by atoms with E-state index in [9.17, 15) is 9.36 Å². The standard InChI is InChI=1S/C14H29O7P/c1-2-3-4-5-6-7-8-9-10-11-12-19-22(18,21-17)20-13-14(15)16/h17H,2-13H2,1H3,(H,15,16). The summed E-state index contributed by atoms with van der Waals surface area (Å²) in [4.78, 5) is 10.3. The van der Waals surface area contributed by atoms with Crippen LogP contribution >= 0.6 is 7.82 Å². The maximum atomic E-state index is 11.6. The second-order valence-electron chi connectivity index (χ2n) is 5.21. The Hall–Kier alpha value is -0.460. The van der Waals surface area contributed by atoms with E-state index in [4.69, 9.17) is 14.9 Å². The highest BCUT2D eigenvalue weighted by Gasteiger charge is 2.27. The first-order valence-electron chi connectivity index (χ1n) is 7.98. The highest BCUT2D eigenvalue weighted by atomic mass is 31.2. The maximum absolute atomic E-state index is 11.6. The second kappa shape index (κ2) is 14.2. The lowest BCUT2D eigenvalue weighted by Crippen LogP contribution is -2.08. The molecule has 0 aromatic rings. The molecule has 0 rings (SSSR count). The van der Waals surface area contributed by atoms with Gasteiger partial charge in [0, 0.05) is 0 Å². The highest BCUT2D eigenvalue weighted by Crippen LogP contribution is 2.48. The van der Waals surface area contributed by atoms with Gasteiger partial charge in [0.05, 0.1) is 6.61 Å². The molecule has 0 aromatic carbocycles. The summed E-state index contributed by atoms with van der Waals surface area (Å²) in [5.41, 5.74) is 0. The van der Waals surface area contributed by atoms with E-state index in [1.807, 2.05) is 0 Å². The third-order valence-corrected chi connectivity index (χ3v) is 4.34. The molecule has 0 fully saturated rings. The lowest BCUT2D eigenvalue weighted by molar-refractivity contribution is -0.169. The Morgan fingerprint density at radius 2 is 1.41 bits per heavy atom. The molecule has 8 heteroatoms. The number of phosphoric ester groups is 1. The Bertz CT molecular complexity index is 322. The minimum absolute atomic E-state index is 0.0912. The molecule has 0 aliphatic rings. The van der Waals surface area contributed by atoms with Crippen molar-refractivity contribution in [2.75, 3.05) is 13.2 Å². The smallest absolute Gasteiger partial charge is 0.480 e. The molecule has 7 nitrogen and oxygen atoms in total. The second-order valence-corrected chi connectivity index (χ2v) is 6.79. The van der Waals surface area contributed by atoms with Crippen molar-refractivity contribution in [2.45, 2.75) is 71.1 Å². The van der Waals surface area contributed by atoms with E-state index in [1.165, 1.54) is 38.5 Å². The number of carbonyl (C=O) groups is 1. The van der Waals surface area contributed by atoms with Gasteiger partial charge in [0.25, 0.3) is 0 Å². The molecule has 22 heavy (non-hydrogen) atoms. The number of aliphatic carboxylic acids is 1. The Labute approximate surface area is 132 Å². The van der Waals surface area contributed by atoms with Crippen LogP contribution in [0.5, 0.6) is 0 Å². The maximum Gasteiger partial charge on any atom is 0.502 e. The Morgan fingerprint density at radius 3 is 1.86 bits per heavy atom. The molecule has 0 radical (unpaired) electrons. The van der Waals surface area contributed by atoms with Crippen molar-refractivity contribution in [3.8, 4) is 0 Å². The van der Waals surface area contributed by atoms with Crippen LogP contribution in [0, 0.1) is 0 Å². The Balaban J connectivity index is 3.47. The number of carboxylic acids is 1.